The molecular formula is C6H4IN3. The smallest absolute Gasteiger partial charge is 0.141 e. The molecule has 0 aliphatic carbocycles. The number of nitrogens with two attached hydrogens (primary N) is 1. The van der Waals surface area contributed by atoms with Gasteiger partial charge in [0.15, 0.2) is 0 Å². The number of nitrogens with zero attached hydrogens (tertiary/aromatic N) is 2. The average molecular weight is 245 g/mol. The molecular weight excluding hydrogens is 241 g/mol. The Labute approximate surface area is 72.0 Å². The second kappa shape index (κ2) is 2.84. The van der Waals surface area contributed by atoms with Crippen LogP contribution in [0.2, 0.25) is 0 Å². The number of pyridine rings is 1. The molecule has 10 heavy (non-hydrogen) atoms. The number of aromatic nitrogens is 1. The third kappa shape index (κ3) is 1.36. The summed E-state index contributed by atoms with van der Waals surface area (Å²) in [7, 11) is 0. The van der Waals surface area contributed by atoms with Crippen LogP contribution in [0.25, 0.3) is 0 Å². The van der Waals surface area contributed by atoms with E-state index < -0.39 is 0 Å². The third-order valence-corrected chi connectivity index (χ3v) is 1.60. The Bertz CT molecular complexity index is 290. The van der Waals surface area contributed by atoms with Crippen molar-refractivity contribution in [1.29, 1.82) is 5.26 Å². The van der Waals surface area contributed by atoms with Gasteiger partial charge in [0.1, 0.15) is 11.9 Å². The molecule has 2 N–H and O–H groups in total. The number of nitriles is 1. The largest absolute Gasteiger partial charge is 0.383 e. The predicted molar refractivity (Wildman–Crippen MR) is 46.1 cm³/mol. The van der Waals surface area contributed by atoms with Gasteiger partial charge in [-0.05, 0) is 28.7 Å². The number of anilines is 1. The fourth-order valence-corrected chi connectivity index (χ4v) is 0.990. The lowest BCUT2D eigenvalue weighted by Gasteiger charge is -1.94. The molecule has 0 spiro atoms. The van der Waals surface area contributed by atoms with E-state index in [0.29, 0.717) is 11.4 Å². The highest BCUT2D eigenvalue weighted by Crippen LogP contribution is 2.10. The topological polar surface area (TPSA) is 62.7 Å². The van der Waals surface area contributed by atoms with E-state index in [2.05, 4.69) is 27.6 Å². The molecule has 3 nitrogen and oxygen atoms in total. The fourth-order valence-electron chi connectivity index (χ4n) is 0.539. The highest BCUT2D eigenvalue weighted by Gasteiger charge is 1.97. The van der Waals surface area contributed by atoms with Crippen LogP contribution in [0.5, 0.6) is 0 Å². The second-order valence-corrected chi connectivity index (χ2v) is 2.94. The van der Waals surface area contributed by atoms with Crippen LogP contribution in [0.15, 0.2) is 12.3 Å². The Morgan fingerprint density at radius 1 is 1.70 bits per heavy atom. The highest BCUT2D eigenvalue weighted by molar-refractivity contribution is 14.1. The standard InChI is InChI=1S/C6H4IN3/c7-5-1-4(2-8)6(9)10-3-5/h1,3H,(H2,9,10). The maximum absolute atomic E-state index is 8.47. The van der Waals surface area contributed by atoms with Gasteiger partial charge >= 0.3 is 0 Å². The molecule has 4 heteroatoms. The van der Waals surface area contributed by atoms with Crippen molar-refractivity contribution in [3.05, 3.63) is 21.4 Å². The molecule has 0 unspecified atom stereocenters. The number of halogens is 1. The van der Waals surface area contributed by atoms with Crippen LogP contribution in [0.1, 0.15) is 5.56 Å². The summed E-state index contributed by atoms with van der Waals surface area (Å²) in [5.41, 5.74) is 5.80. The lowest BCUT2D eigenvalue weighted by Crippen LogP contribution is -1.94. The van der Waals surface area contributed by atoms with E-state index in [1.165, 1.54) is 0 Å². The maximum Gasteiger partial charge on any atom is 0.141 e. The molecule has 50 valence electrons. The Kier molecular flexibility index (Phi) is 2.06. The van der Waals surface area contributed by atoms with Crippen molar-refractivity contribution in [2.75, 3.05) is 5.73 Å². The van der Waals surface area contributed by atoms with Crippen molar-refractivity contribution in [3.63, 3.8) is 0 Å². The molecule has 0 saturated heterocycles. The lowest BCUT2D eigenvalue weighted by atomic mass is 10.3. The fraction of sp³-hybridized carbons (Fsp3) is 0. The molecule has 0 saturated carbocycles. The minimum atomic E-state index is 0.294. The zero-order valence-corrected chi connectivity index (χ0v) is 7.16. The highest BCUT2D eigenvalue weighted by atomic mass is 127. The van der Waals surface area contributed by atoms with Crippen LogP contribution in [0.4, 0.5) is 5.82 Å². The molecule has 0 bridgehead atoms. The molecule has 1 rings (SSSR count). The van der Waals surface area contributed by atoms with Gasteiger partial charge in [-0.25, -0.2) is 4.98 Å². The summed E-state index contributed by atoms with van der Waals surface area (Å²) in [5, 5.41) is 8.47. The summed E-state index contributed by atoms with van der Waals surface area (Å²) in [6, 6.07) is 3.64. The van der Waals surface area contributed by atoms with E-state index >= 15 is 0 Å². The van der Waals surface area contributed by atoms with Crippen LogP contribution in [-0.4, -0.2) is 4.98 Å². The van der Waals surface area contributed by atoms with Crippen molar-refractivity contribution in [1.82, 2.24) is 4.98 Å². The van der Waals surface area contributed by atoms with E-state index in [-0.39, 0.29) is 0 Å². The Hall–Kier alpha value is -0.830. The first-order chi connectivity index (χ1) is 4.74. The first-order valence-electron chi connectivity index (χ1n) is 2.55. The zero-order valence-electron chi connectivity index (χ0n) is 5.00. The Morgan fingerprint density at radius 3 is 2.90 bits per heavy atom. The van der Waals surface area contributed by atoms with E-state index in [1.54, 1.807) is 12.3 Å². The summed E-state index contributed by atoms with van der Waals surface area (Å²) in [4.78, 5) is 3.80. The van der Waals surface area contributed by atoms with Crippen molar-refractivity contribution in [3.8, 4) is 6.07 Å². The molecule has 0 aromatic carbocycles. The molecule has 0 radical (unpaired) electrons. The molecule has 0 fully saturated rings. The van der Waals surface area contributed by atoms with Gasteiger partial charge in [0, 0.05) is 9.77 Å². The molecule has 0 atom stereocenters. The SMILES string of the molecule is N#Cc1cc(I)cnc1N. The average Bonchev–Trinajstić information content (AvgIpc) is 1.94. The minimum absolute atomic E-state index is 0.294. The predicted octanol–water partition coefficient (Wildman–Crippen LogP) is 1.14. The quantitative estimate of drug-likeness (QED) is 0.697. The molecule has 1 aromatic heterocycles. The van der Waals surface area contributed by atoms with Crippen LogP contribution >= 0.6 is 22.6 Å². The summed E-state index contributed by atoms with van der Waals surface area (Å²) >= 11 is 2.08. The van der Waals surface area contributed by atoms with Gasteiger partial charge in [-0.1, -0.05) is 0 Å². The van der Waals surface area contributed by atoms with E-state index in [9.17, 15) is 0 Å². The second-order valence-electron chi connectivity index (χ2n) is 1.70. The summed E-state index contributed by atoms with van der Waals surface area (Å²) in [6.45, 7) is 0. The van der Waals surface area contributed by atoms with E-state index in [1.807, 2.05) is 6.07 Å². The number of rotatable bonds is 0. The van der Waals surface area contributed by atoms with Gasteiger partial charge in [0.05, 0.1) is 5.56 Å². The molecule has 0 amide bonds. The molecule has 1 aromatic rings. The normalized spacial score (nSPS) is 8.80. The summed E-state index contributed by atoms with van der Waals surface area (Å²) in [5.74, 6) is 0.294. The number of hydrogen-bond acceptors (Lipinski definition) is 3. The molecule has 1 heterocycles. The summed E-state index contributed by atoms with van der Waals surface area (Å²) in [6.07, 6.45) is 1.62. The van der Waals surface area contributed by atoms with E-state index in [0.717, 1.165) is 3.57 Å². The number of hydrogen-bond donors (Lipinski definition) is 1. The first kappa shape index (κ1) is 7.28. The lowest BCUT2D eigenvalue weighted by molar-refractivity contribution is 1.29. The van der Waals surface area contributed by atoms with Crippen LogP contribution in [-0.2, 0) is 0 Å². The summed E-state index contributed by atoms with van der Waals surface area (Å²) < 4.78 is 0.920. The van der Waals surface area contributed by atoms with Gasteiger partial charge in [0.25, 0.3) is 0 Å². The minimum Gasteiger partial charge on any atom is -0.383 e. The van der Waals surface area contributed by atoms with Crippen LogP contribution in [0, 0.1) is 14.9 Å². The monoisotopic (exact) mass is 245 g/mol. The van der Waals surface area contributed by atoms with Crippen molar-refractivity contribution < 1.29 is 0 Å². The van der Waals surface area contributed by atoms with Crippen molar-refractivity contribution >= 4 is 28.4 Å². The Balaban J connectivity index is 3.25. The van der Waals surface area contributed by atoms with E-state index in [4.69, 9.17) is 11.0 Å². The Morgan fingerprint density at radius 2 is 2.40 bits per heavy atom. The first-order valence-corrected chi connectivity index (χ1v) is 3.63. The van der Waals surface area contributed by atoms with Gasteiger partial charge in [0.2, 0.25) is 0 Å². The molecule has 0 aliphatic rings. The zero-order chi connectivity index (χ0) is 7.56. The third-order valence-electron chi connectivity index (χ3n) is 1.01. The number of nitrogen functional groups attached to an aromatic ring is 1. The van der Waals surface area contributed by atoms with Gasteiger partial charge in [-0.2, -0.15) is 5.26 Å². The molecule has 0 aliphatic heterocycles. The van der Waals surface area contributed by atoms with Gasteiger partial charge in [-0.3, -0.25) is 0 Å². The van der Waals surface area contributed by atoms with Gasteiger partial charge < -0.3 is 5.73 Å². The van der Waals surface area contributed by atoms with Crippen molar-refractivity contribution in [2.45, 2.75) is 0 Å². The van der Waals surface area contributed by atoms with Crippen LogP contribution in [0.3, 0.4) is 0 Å². The van der Waals surface area contributed by atoms with Crippen molar-refractivity contribution in [2.24, 2.45) is 0 Å². The maximum atomic E-state index is 8.47. The van der Waals surface area contributed by atoms with Crippen LogP contribution < -0.4 is 5.73 Å². The van der Waals surface area contributed by atoms with Gasteiger partial charge in [-0.15, -0.1) is 0 Å².